The molecular formula is C33H34N8O2. The highest BCUT2D eigenvalue weighted by atomic mass is 16.2. The van der Waals surface area contributed by atoms with Crippen LogP contribution in [-0.4, -0.2) is 39.3 Å². The van der Waals surface area contributed by atoms with Gasteiger partial charge in [-0.25, -0.2) is 14.9 Å². The van der Waals surface area contributed by atoms with Crippen molar-refractivity contribution < 1.29 is 0 Å². The number of aryl methyl sites for hydroxylation is 1. The van der Waals surface area contributed by atoms with Crippen LogP contribution < -0.4 is 11.2 Å². The number of nitrogens with zero attached hydrogens (tertiary/aromatic N) is 7. The van der Waals surface area contributed by atoms with Crippen LogP contribution in [0.3, 0.4) is 0 Å². The molecule has 10 heteroatoms. The molecule has 0 aliphatic rings. The first-order valence-corrected chi connectivity index (χ1v) is 14.7. The number of aromatic nitrogens is 8. The second kappa shape index (κ2) is 12.0. The molecule has 10 nitrogen and oxygen atoms in total. The number of hydrogen-bond acceptors (Lipinski definition) is 6. The van der Waals surface area contributed by atoms with Gasteiger partial charge in [0, 0.05) is 25.1 Å². The van der Waals surface area contributed by atoms with Gasteiger partial charge in [-0.2, -0.15) is 0 Å². The highest BCUT2D eigenvalue weighted by Gasteiger charge is 2.24. The van der Waals surface area contributed by atoms with Gasteiger partial charge in [-0.1, -0.05) is 92.2 Å². The van der Waals surface area contributed by atoms with Crippen molar-refractivity contribution in [2.24, 2.45) is 0 Å². The van der Waals surface area contributed by atoms with Crippen LogP contribution in [-0.2, 0) is 19.5 Å². The lowest BCUT2D eigenvalue weighted by atomic mass is 9.98. The summed E-state index contributed by atoms with van der Waals surface area (Å²) in [5.74, 6) is 1.41. The second-order valence-electron chi connectivity index (χ2n) is 10.7. The van der Waals surface area contributed by atoms with Crippen molar-refractivity contribution in [3.63, 3.8) is 0 Å². The van der Waals surface area contributed by atoms with Crippen molar-refractivity contribution in [3.8, 4) is 22.5 Å². The first-order valence-electron chi connectivity index (χ1n) is 14.7. The molecule has 0 spiro atoms. The Kier molecular flexibility index (Phi) is 7.83. The second-order valence-corrected chi connectivity index (χ2v) is 10.7. The summed E-state index contributed by atoms with van der Waals surface area (Å²) in [6.45, 7) is 6.68. The molecule has 3 aromatic carbocycles. The van der Waals surface area contributed by atoms with Crippen LogP contribution in [0.5, 0.6) is 0 Å². The molecular weight excluding hydrogens is 540 g/mol. The maximum atomic E-state index is 13.8. The van der Waals surface area contributed by atoms with Crippen molar-refractivity contribution in [3.05, 3.63) is 117 Å². The molecule has 1 N–H and O–H groups in total. The summed E-state index contributed by atoms with van der Waals surface area (Å²) in [6.07, 6.45) is 2.63. The first kappa shape index (κ1) is 28.0. The average molecular weight is 575 g/mol. The molecule has 0 radical (unpaired) electrons. The minimum Gasteiger partial charge on any atom is -0.318 e. The first-order chi connectivity index (χ1) is 21.0. The molecule has 0 saturated carbocycles. The van der Waals surface area contributed by atoms with Gasteiger partial charge in [-0.05, 0) is 52.9 Å². The summed E-state index contributed by atoms with van der Waals surface area (Å²) in [4.78, 5) is 32.5. The third kappa shape index (κ3) is 5.20. The Morgan fingerprint density at radius 1 is 0.860 bits per heavy atom. The summed E-state index contributed by atoms with van der Waals surface area (Å²) in [5, 5.41) is 14.4. The minimum absolute atomic E-state index is 0.277. The molecule has 218 valence electrons. The fourth-order valence-electron chi connectivity index (χ4n) is 5.69. The molecule has 0 aliphatic carbocycles. The van der Waals surface area contributed by atoms with Crippen LogP contribution in [0, 0.1) is 0 Å². The molecule has 0 saturated heterocycles. The number of tetrazole rings is 1. The zero-order valence-electron chi connectivity index (χ0n) is 24.6. The van der Waals surface area contributed by atoms with E-state index in [9.17, 15) is 9.59 Å². The number of hydrogen-bond donors (Lipinski definition) is 1. The lowest BCUT2D eigenvalue weighted by Crippen LogP contribution is -2.41. The normalized spacial score (nSPS) is 12.2. The van der Waals surface area contributed by atoms with E-state index in [2.05, 4.69) is 51.8 Å². The Morgan fingerprint density at radius 3 is 2.26 bits per heavy atom. The number of fused-ring (bicyclic) bond motifs is 1. The molecule has 3 heterocycles. The Hall–Kier alpha value is -5.12. The number of aromatic amines is 1. The molecule has 1 atom stereocenters. The quantitative estimate of drug-likeness (QED) is 0.240. The Bertz CT molecular complexity index is 1970. The van der Waals surface area contributed by atoms with Crippen molar-refractivity contribution in [1.29, 1.82) is 0 Å². The van der Waals surface area contributed by atoms with E-state index < -0.39 is 0 Å². The van der Waals surface area contributed by atoms with E-state index >= 15 is 0 Å². The number of rotatable bonds is 10. The minimum atomic E-state index is -0.340. The van der Waals surface area contributed by atoms with Gasteiger partial charge in [0.05, 0.1) is 6.04 Å². The van der Waals surface area contributed by atoms with E-state index in [-0.39, 0.29) is 23.8 Å². The fourth-order valence-corrected chi connectivity index (χ4v) is 5.69. The molecule has 0 fully saturated rings. The van der Waals surface area contributed by atoms with Gasteiger partial charge in [0.25, 0.3) is 5.56 Å². The maximum Gasteiger partial charge on any atom is 0.333 e. The Morgan fingerprint density at radius 2 is 1.58 bits per heavy atom. The van der Waals surface area contributed by atoms with Crippen molar-refractivity contribution in [2.45, 2.75) is 59.2 Å². The predicted octanol–water partition coefficient (Wildman–Crippen LogP) is 5.23. The SMILES string of the molecule is CCCCc1nc2c(c(=O)n(CC)c(=O)n2C(C)c2ccccc2)n1Cc1ccc(-c2ccccc2-c2nnn[nH]2)cc1. The van der Waals surface area contributed by atoms with Crippen LogP contribution >= 0.6 is 0 Å². The molecule has 0 bridgehead atoms. The van der Waals surface area contributed by atoms with E-state index in [1.54, 1.807) is 4.57 Å². The van der Waals surface area contributed by atoms with Crippen LogP contribution in [0.2, 0.25) is 0 Å². The predicted molar refractivity (Wildman–Crippen MR) is 167 cm³/mol. The summed E-state index contributed by atoms with van der Waals surface area (Å²) < 4.78 is 5.01. The van der Waals surface area contributed by atoms with E-state index in [0.717, 1.165) is 46.5 Å². The number of nitrogens with one attached hydrogen (secondary N) is 1. The molecule has 0 aliphatic heterocycles. The number of benzene rings is 3. The van der Waals surface area contributed by atoms with E-state index in [1.807, 2.05) is 73.0 Å². The van der Waals surface area contributed by atoms with Gasteiger partial charge in [0.2, 0.25) is 0 Å². The van der Waals surface area contributed by atoms with Crippen LogP contribution in [0.15, 0.2) is 88.5 Å². The topological polar surface area (TPSA) is 116 Å². The third-order valence-corrected chi connectivity index (χ3v) is 8.01. The van der Waals surface area contributed by atoms with E-state index in [0.29, 0.717) is 30.0 Å². The number of imidazole rings is 1. The maximum absolute atomic E-state index is 13.8. The highest BCUT2D eigenvalue weighted by Crippen LogP contribution is 2.30. The Balaban J connectivity index is 1.46. The molecule has 3 aromatic heterocycles. The molecule has 0 amide bonds. The Labute approximate surface area is 248 Å². The zero-order valence-corrected chi connectivity index (χ0v) is 24.6. The summed E-state index contributed by atoms with van der Waals surface area (Å²) >= 11 is 0. The zero-order chi connectivity index (χ0) is 29.9. The van der Waals surface area contributed by atoms with Gasteiger partial charge in [0.1, 0.15) is 5.82 Å². The van der Waals surface area contributed by atoms with Gasteiger partial charge in [0.15, 0.2) is 17.0 Å². The fraction of sp³-hybridized carbons (Fsp3) is 0.273. The smallest absolute Gasteiger partial charge is 0.318 e. The summed E-state index contributed by atoms with van der Waals surface area (Å²) in [6, 6.07) is 25.8. The summed E-state index contributed by atoms with van der Waals surface area (Å²) in [7, 11) is 0. The average Bonchev–Trinajstić information content (AvgIpc) is 3.70. The summed E-state index contributed by atoms with van der Waals surface area (Å²) in [5.41, 5.74) is 5.20. The third-order valence-electron chi connectivity index (χ3n) is 8.01. The van der Waals surface area contributed by atoms with Crippen molar-refractivity contribution in [2.75, 3.05) is 0 Å². The standard InChI is InChI=1S/C33H34N8O2/c1-4-6-16-28-34-31-29(32(42)39(5-2)33(43)41(31)22(3)24-12-8-7-9-13-24)40(28)21-23-17-19-25(20-18-23)26-14-10-11-15-27(26)30-35-37-38-36-30/h7-15,17-20,22H,4-6,16,21H2,1-3H3,(H,35,36,37,38). The van der Waals surface area contributed by atoms with Crippen LogP contribution in [0.25, 0.3) is 33.7 Å². The number of unbranched alkanes of at least 4 members (excludes halogenated alkanes) is 1. The van der Waals surface area contributed by atoms with Gasteiger partial charge < -0.3 is 4.57 Å². The van der Waals surface area contributed by atoms with Gasteiger partial charge in [-0.3, -0.25) is 13.9 Å². The lowest BCUT2D eigenvalue weighted by Gasteiger charge is -2.18. The molecule has 1 unspecified atom stereocenters. The number of H-pyrrole nitrogens is 1. The van der Waals surface area contributed by atoms with Crippen molar-refractivity contribution >= 4 is 11.2 Å². The molecule has 43 heavy (non-hydrogen) atoms. The lowest BCUT2D eigenvalue weighted by molar-refractivity contribution is 0.555. The van der Waals surface area contributed by atoms with E-state index in [4.69, 9.17) is 4.98 Å². The highest BCUT2D eigenvalue weighted by molar-refractivity contribution is 5.80. The van der Waals surface area contributed by atoms with Crippen LogP contribution in [0.1, 0.15) is 56.6 Å². The molecule has 6 aromatic rings. The van der Waals surface area contributed by atoms with Gasteiger partial charge in [-0.15, -0.1) is 5.10 Å². The van der Waals surface area contributed by atoms with Crippen LogP contribution in [0.4, 0.5) is 0 Å². The van der Waals surface area contributed by atoms with Gasteiger partial charge >= 0.3 is 5.69 Å². The molecule has 6 rings (SSSR count). The monoisotopic (exact) mass is 574 g/mol. The largest absolute Gasteiger partial charge is 0.333 e. The van der Waals surface area contributed by atoms with Crippen molar-refractivity contribution in [1.82, 2.24) is 39.3 Å². The van der Waals surface area contributed by atoms with E-state index in [1.165, 1.54) is 4.57 Å².